The maximum absolute atomic E-state index is 11.9. The third-order valence-corrected chi connectivity index (χ3v) is 5.15. The lowest BCUT2D eigenvalue weighted by molar-refractivity contribution is -0.118. The van der Waals surface area contributed by atoms with Crippen LogP contribution in [-0.4, -0.2) is 61.1 Å². The molecule has 0 aromatic carbocycles. The van der Waals surface area contributed by atoms with Crippen LogP contribution in [0.3, 0.4) is 0 Å². The Kier molecular flexibility index (Phi) is 6.24. The molecule has 0 saturated carbocycles. The molecule has 8 nitrogen and oxygen atoms in total. The van der Waals surface area contributed by atoms with Gasteiger partial charge in [0, 0.05) is 38.6 Å². The van der Waals surface area contributed by atoms with E-state index in [9.17, 15) is 9.59 Å². The van der Waals surface area contributed by atoms with Crippen LogP contribution < -0.4 is 19.6 Å². The van der Waals surface area contributed by atoms with E-state index in [2.05, 4.69) is 9.97 Å². The monoisotopic (exact) mass is 410 g/mol. The van der Waals surface area contributed by atoms with Crippen molar-refractivity contribution < 1.29 is 9.59 Å². The van der Waals surface area contributed by atoms with Crippen LogP contribution in [0.5, 0.6) is 0 Å². The summed E-state index contributed by atoms with van der Waals surface area (Å²) in [5, 5.41) is 0. The number of pyridine rings is 2. The summed E-state index contributed by atoms with van der Waals surface area (Å²) in [5.41, 5.74) is 2.89. The molecule has 30 heavy (non-hydrogen) atoms. The number of hydrogen-bond donors (Lipinski definition) is 0. The number of nitrogens with zero attached hydrogens (tertiary/aromatic N) is 6. The van der Waals surface area contributed by atoms with Crippen molar-refractivity contribution in [3.63, 3.8) is 0 Å². The van der Waals surface area contributed by atoms with Crippen molar-refractivity contribution in [1.82, 2.24) is 9.97 Å². The molecule has 0 aliphatic carbocycles. The first-order valence-corrected chi connectivity index (χ1v) is 10.2. The summed E-state index contributed by atoms with van der Waals surface area (Å²) in [6, 6.07) is 6.09. The van der Waals surface area contributed by atoms with Crippen LogP contribution in [0.25, 0.3) is 0 Å². The first-order chi connectivity index (χ1) is 14.2. The minimum absolute atomic E-state index is 0.132. The van der Waals surface area contributed by atoms with Gasteiger partial charge in [0.25, 0.3) is 0 Å². The Balaban J connectivity index is 0.000000171. The van der Waals surface area contributed by atoms with Gasteiger partial charge in [-0.3, -0.25) is 14.6 Å². The van der Waals surface area contributed by atoms with Crippen LogP contribution in [0.15, 0.2) is 36.8 Å². The second-order valence-corrected chi connectivity index (χ2v) is 8.14. The van der Waals surface area contributed by atoms with Crippen molar-refractivity contribution in [1.29, 1.82) is 0 Å². The fourth-order valence-corrected chi connectivity index (χ4v) is 3.88. The van der Waals surface area contributed by atoms with Crippen LogP contribution in [0.2, 0.25) is 0 Å². The third-order valence-electron chi connectivity index (χ3n) is 5.15. The van der Waals surface area contributed by atoms with E-state index >= 15 is 0 Å². The van der Waals surface area contributed by atoms with E-state index in [0.29, 0.717) is 13.1 Å². The van der Waals surface area contributed by atoms with E-state index in [0.717, 1.165) is 22.9 Å². The Hall–Kier alpha value is -3.16. The zero-order chi connectivity index (χ0) is 22.0. The molecular weight excluding hydrogens is 380 g/mol. The standard InChI is InChI=1S/2C11H15N3O/c1-8(2)14-10-6-12-5-4-9(10)13(3)7-11(14)15;1-8(2)14-9-5-4-6-12-11(9)13(3)7-10(14)15/h2*4-6,8H,7H2,1-3H3. The van der Waals surface area contributed by atoms with Gasteiger partial charge in [0.05, 0.1) is 36.3 Å². The van der Waals surface area contributed by atoms with E-state index in [4.69, 9.17) is 0 Å². The number of likely N-dealkylation sites (N-methyl/N-ethyl adjacent to an activating group) is 2. The Morgan fingerprint density at radius 3 is 2.03 bits per heavy atom. The van der Waals surface area contributed by atoms with E-state index in [1.807, 2.05) is 79.6 Å². The quantitative estimate of drug-likeness (QED) is 0.758. The normalized spacial score (nSPS) is 15.9. The Morgan fingerprint density at radius 1 is 0.800 bits per heavy atom. The number of hydrogen-bond acceptors (Lipinski definition) is 6. The van der Waals surface area contributed by atoms with Crippen molar-refractivity contribution in [2.24, 2.45) is 0 Å². The molecule has 160 valence electrons. The number of anilines is 4. The molecule has 2 amide bonds. The average molecular weight is 411 g/mol. The number of carbonyl (C=O) groups is 2. The van der Waals surface area contributed by atoms with E-state index < -0.39 is 0 Å². The number of aromatic nitrogens is 2. The summed E-state index contributed by atoms with van der Waals surface area (Å²) >= 11 is 0. The van der Waals surface area contributed by atoms with Gasteiger partial charge < -0.3 is 19.6 Å². The molecule has 0 fully saturated rings. The van der Waals surface area contributed by atoms with Gasteiger partial charge in [-0.1, -0.05) is 0 Å². The smallest absolute Gasteiger partial charge is 0.246 e. The summed E-state index contributed by atoms with van der Waals surface area (Å²) in [6.07, 6.45) is 5.26. The molecule has 2 aromatic heterocycles. The molecule has 0 spiro atoms. The highest BCUT2D eigenvalue weighted by Crippen LogP contribution is 2.33. The highest BCUT2D eigenvalue weighted by Gasteiger charge is 2.30. The fourth-order valence-electron chi connectivity index (χ4n) is 3.88. The molecule has 4 rings (SSSR count). The summed E-state index contributed by atoms with van der Waals surface area (Å²) in [6.45, 7) is 8.90. The maximum Gasteiger partial charge on any atom is 0.246 e. The Bertz CT molecular complexity index is 854. The van der Waals surface area contributed by atoms with Gasteiger partial charge in [-0.15, -0.1) is 0 Å². The molecule has 0 N–H and O–H groups in total. The van der Waals surface area contributed by atoms with Crippen LogP contribution in [0.4, 0.5) is 22.9 Å². The van der Waals surface area contributed by atoms with Gasteiger partial charge >= 0.3 is 0 Å². The molecule has 2 aliphatic rings. The zero-order valence-electron chi connectivity index (χ0n) is 18.5. The average Bonchev–Trinajstić information content (AvgIpc) is 2.68. The predicted octanol–water partition coefficient (Wildman–Crippen LogP) is 2.55. The van der Waals surface area contributed by atoms with Gasteiger partial charge in [-0.25, -0.2) is 4.98 Å². The fraction of sp³-hybridized carbons (Fsp3) is 0.455. The zero-order valence-corrected chi connectivity index (χ0v) is 18.5. The SMILES string of the molecule is CC(C)N1C(=O)CN(C)c2ccncc21.CC(C)N1C(=O)CN(C)c2ncccc21. The Morgan fingerprint density at radius 2 is 1.40 bits per heavy atom. The van der Waals surface area contributed by atoms with Crippen molar-refractivity contribution in [3.8, 4) is 0 Å². The van der Waals surface area contributed by atoms with Crippen LogP contribution in [0.1, 0.15) is 27.7 Å². The van der Waals surface area contributed by atoms with Crippen LogP contribution in [-0.2, 0) is 9.59 Å². The summed E-state index contributed by atoms with van der Waals surface area (Å²) in [4.78, 5) is 39.6. The Labute approximate surface area is 178 Å². The van der Waals surface area contributed by atoms with Gasteiger partial charge in [0.15, 0.2) is 5.82 Å². The molecule has 0 bridgehead atoms. The lowest BCUT2D eigenvalue weighted by atomic mass is 10.1. The molecule has 0 radical (unpaired) electrons. The molecule has 2 aliphatic heterocycles. The summed E-state index contributed by atoms with van der Waals surface area (Å²) in [7, 11) is 3.82. The van der Waals surface area contributed by atoms with Gasteiger partial charge in [0.1, 0.15) is 0 Å². The second-order valence-electron chi connectivity index (χ2n) is 8.14. The second kappa shape index (κ2) is 8.69. The summed E-state index contributed by atoms with van der Waals surface area (Å²) < 4.78 is 0. The minimum Gasteiger partial charge on any atom is -0.363 e. The molecule has 8 heteroatoms. The first-order valence-electron chi connectivity index (χ1n) is 10.2. The van der Waals surface area contributed by atoms with Crippen molar-refractivity contribution in [2.75, 3.05) is 46.8 Å². The topological polar surface area (TPSA) is 72.9 Å². The molecule has 2 aromatic rings. The molecule has 0 saturated heterocycles. The van der Waals surface area contributed by atoms with E-state index in [1.54, 1.807) is 18.6 Å². The number of amides is 2. The van der Waals surface area contributed by atoms with Gasteiger partial charge in [0.2, 0.25) is 11.8 Å². The minimum atomic E-state index is 0.132. The van der Waals surface area contributed by atoms with Crippen molar-refractivity contribution in [3.05, 3.63) is 36.8 Å². The molecule has 4 heterocycles. The molecule has 0 atom stereocenters. The van der Waals surface area contributed by atoms with Crippen LogP contribution in [0, 0.1) is 0 Å². The third kappa shape index (κ3) is 4.08. The number of fused-ring (bicyclic) bond motifs is 2. The maximum atomic E-state index is 11.9. The van der Waals surface area contributed by atoms with E-state index in [-0.39, 0.29) is 23.9 Å². The highest BCUT2D eigenvalue weighted by atomic mass is 16.2. The number of carbonyl (C=O) groups excluding carboxylic acids is 2. The first kappa shape index (κ1) is 21.5. The largest absolute Gasteiger partial charge is 0.363 e. The molecular formula is C22H30N6O2. The van der Waals surface area contributed by atoms with Crippen molar-refractivity contribution in [2.45, 2.75) is 39.8 Å². The molecule has 0 unspecified atom stereocenters. The highest BCUT2D eigenvalue weighted by molar-refractivity contribution is 6.03. The summed E-state index contributed by atoms with van der Waals surface area (Å²) in [5.74, 6) is 1.15. The van der Waals surface area contributed by atoms with Crippen molar-refractivity contribution >= 4 is 34.7 Å². The number of rotatable bonds is 2. The lowest BCUT2D eigenvalue weighted by Crippen LogP contribution is -2.47. The lowest BCUT2D eigenvalue weighted by Gasteiger charge is -2.37. The van der Waals surface area contributed by atoms with Gasteiger partial charge in [-0.05, 0) is 45.9 Å². The predicted molar refractivity (Wildman–Crippen MR) is 120 cm³/mol. The van der Waals surface area contributed by atoms with Gasteiger partial charge in [-0.2, -0.15) is 0 Å². The van der Waals surface area contributed by atoms with Crippen LogP contribution >= 0.6 is 0 Å². The van der Waals surface area contributed by atoms with E-state index in [1.165, 1.54) is 0 Å².